The fourth-order valence-electron chi connectivity index (χ4n) is 1.74. The van der Waals surface area contributed by atoms with Crippen molar-refractivity contribution in [2.75, 3.05) is 6.61 Å². The quantitative estimate of drug-likeness (QED) is 0.718. The van der Waals surface area contributed by atoms with Gasteiger partial charge in [-0.05, 0) is 49.2 Å². The number of hydrogen-bond donors (Lipinski definition) is 1. The Labute approximate surface area is 126 Å². The van der Waals surface area contributed by atoms with Crippen molar-refractivity contribution in [1.82, 2.24) is 5.32 Å². The Kier molecular flexibility index (Phi) is 6.87. The summed E-state index contributed by atoms with van der Waals surface area (Å²) in [4.78, 5) is 0. The monoisotopic (exact) mass is 327 g/mol. The topological polar surface area (TPSA) is 21.3 Å². The van der Waals surface area contributed by atoms with Crippen LogP contribution >= 0.6 is 15.9 Å². The minimum Gasteiger partial charge on any atom is -0.492 e. The van der Waals surface area contributed by atoms with Crippen LogP contribution in [0.2, 0.25) is 0 Å². The fourth-order valence-corrected chi connectivity index (χ4v) is 2.26. The second kappa shape index (κ2) is 7.91. The molecule has 1 aromatic carbocycles. The third-order valence-corrected chi connectivity index (χ3v) is 3.48. The molecule has 108 valence electrons. The van der Waals surface area contributed by atoms with Crippen LogP contribution in [0.4, 0.5) is 0 Å². The van der Waals surface area contributed by atoms with E-state index in [0.29, 0.717) is 0 Å². The normalized spacial score (nSPS) is 11.6. The van der Waals surface area contributed by atoms with Gasteiger partial charge in [0.2, 0.25) is 0 Å². The Bertz CT molecular complexity index is 385. The lowest BCUT2D eigenvalue weighted by molar-refractivity contribution is 0.299. The van der Waals surface area contributed by atoms with Gasteiger partial charge in [-0.15, -0.1) is 0 Å². The molecule has 0 aliphatic rings. The lowest BCUT2D eigenvalue weighted by atomic mass is 10.1. The van der Waals surface area contributed by atoms with E-state index in [4.69, 9.17) is 4.74 Å². The van der Waals surface area contributed by atoms with E-state index in [0.717, 1.165) is 29.8 Å². The Morgan fingerprint density at radius 1 is 1.21 bits per heavy atom. The van der Waals surface area contributed by atoms with Crippen LogP contribution in [0.1, 0.15) is 52.5 Å². The molecule has 0 saturated carbocycles. The zero-order chi connectivity index (χ0) is 14.3. The maximum atomic E-state index is 5.95. The summed E-state index contributed by atoms with van der Waals surface area (Å²) in [5.41, 5.74) is 1.32. The lowest BCUT2D eigenvalue weighted by Crippen LogP contribution is -2.35. The molecule has 0 bridgehead atoms. The standard InChI is InChI=1S/C16H26BrNO/c1-5-6-7-11-19-15-13(9-8-10-14(15)17)12-18-16(2,3)4/h8-10,18H,5-7,11-12H2,1-4H3. The number of para-hydroxylation sites is 1. The number of hydrogen-bond acceptors (Lipinski definition) is 2. The molecular formula is C16H26BrNO. The molecule has 0 spiro atoms. The minimum atomic E-state index is 0.113. The van der Waals surface area contributed by atoms with Gasteiger partial charge < -0.3 is 10.1 Å². The van der Waals surface area contributed by atoms with Crippen LogP contribution in [0.15, 0.2) is 22.7 Å². The van der Waals surface area contributed by atoms with Crippen LogP contribution < -0.4 is 10.1 Å². The zero-order valence-corrected chi connectivity index (χ0v) is 14.1. The number of benzene rings is 1. The summed E-state index contributed by atoms with van der Waals surface area (Å²) in [5, 5.41) is 3.51. The van der Waals surface area contributed by atoms with E-state index in [-0.39, 0.29) is 5.54 Å². The Balaban J connectivity index is 2.66. The molecular weight excluding hydrogens is 302 g/mol. The fraction of sp³-hybridized carbons (Fsp3) is 0.625. The van der Waals surface area contributed by atoms with Gasteiger partial charge in [-0.1, -0.05) is 31.9 Å². The summed E-state index contributed by atoms with van der Waals surface area (Å²) in [6.07, 6.45) is 3.56. The Morgan fingerprint density at radius 2 is 1.95 bits per heavy atom. The molecule has 0 fully saturated rings. The molecule has 19 heavy (non-hydrogen) atoms. The van der Waals surface area contributed by atoms with Crippen LogP contribution in [0.25, 0.3) is 0 Å². The summed E-state index contributed by atoms with van der Waals surface area (Å²) in [7, 11) is 0. The average Bonchev–Trinajstić information content (AvgIpc) is 2.33. The molecule has 1 aromatic rings. The summed E-state index contributed by atoms with van der Waals surface area (Å²) >= 11 is 3.58. The van der Waals surface area contributed by atoms with Crippen molar-refractivity contribution in [2.24, 2.45) is 0 Å². The third-order valence-electron chi connectivity index (χ3n) is 2.85. The molecule has 0 aliphatic heterocycles. The molecule has 3 heteroatoms. The molecule has 0 aromatic heterocycles. The van der Waals surface area contributed by atoms with Crippen molar-refractivity contribution < 1.29 is 4.74 Å². The van der Waals surface area contributed by atoms with E-state index in [1.807, 2.05) is 6.07 Å². The first-order chi connectivity index (χ1) is 8.94. The van der Waals surface area contributed by atoms with E-state index < -0.39 is 0 Å². The molecule has 0 unspecified atom stereocenters. The van der Waals surface area contributed by atoms with Crippen LogP contribution in [0.3, 0.4) is 0 Å². The molecule has 0 heterocycles. The van der Waals surface area contributed by atoms with Gasteiger partial charge in [0, 0.05) is 17.6 Å². The SMILES string of the molecule is CCCCCOc1c(Br)cccc1CNC(C)(C)C. The highest BCUT2D eigenvalue weighted by molar-refractivity contribution is 9.10. The first kappa shape index (κ1) is 16.5. The van der Waals surface area contributed by atoms with Crippen molar-refractivity contribution in [3.05, 3.63) is 28.2 Å². The molecule has 0 aliphatic carbocycles. The van der Waals surface area contributed by atoms with Gasteiger partial charge in [0.15, 0.2) is 0 Å². The first-order valence-corrected chi connectivity index (χ1v) is 7.88. The molecule has 0 saturated heterocycles. The van der Waals surface area contributed by atoms with Crippen molar-refractivity contribution in [1.29, 1.82) is 0 Å². The smallest absolute Gasteiger partial charge is 0.137 e. The van der Waals surface area contributed by atoms with Crippen LogP contribution in [-0.4, -0.2) is 12.1 Å². The van der Waals surface area contributed by atoms with E-state index in [1.54, 1.807) is 0 Å². The molecule has 0 amide bonds. The zero-order valence-electron chi connectivity index (χ0n) is 12.6. The Morgan fingerprint density at radius 3 is 2.58 bits per heavy atom. The molecule has 0 radical (unpaired) electrons. The van der Waals surface area contributed by atoms with Gasteiger partial charge in [-0.2, -0.15) is 0 Å². The second-order valence-corrected chi connectivity index (χ2v) is 6.74. The number of unbranched alkanes of at least 4 members (excludes halogenated alkanes) is 2. The van der Waals surface area contributed by atoms with E-state index in [1.165, 1.54) is 18.4 Å². The van der Waals surface area contributed by atoms with Crippen molar-refractivity contribution in [2.45, 2.75) is 59.0 Å². The van der Waals surface area contributed by atoms with Gasteiger partial charge in [0.1, 0.15) is 5.75 Å². The summed E-state index contributed by atoms with van der Waals surface area (Å²) in [6, 6.07) is 6.22. The highest BCUT2D eigenvalue weighted by atomic mass is 79.9. The highest BCUT2D eigenvalue weighted by Gasteiger charge is 2.12. The van der Waals surface area contributed by atoms with Gasteiger partial charge in [-0.25, -0.2) is 0 Å². The maximum absolute atomic E-state index is 5.95. The van der Waals surface area contributed by atoms with Gasteiger partial charge in [0.05, 0.1) is 11.1 Å². The molecule has 1 N–H and O–H groups in total. The molecule has 0 atom stereocenters. The van der Waals surface area contributed by atoms with E-state index >= 15 is 0 Å². The van der Waals surface area contributed by atoms with Gasteiger partial charge in [-0.3, -0.25) is 0 Å². The van der Waals surface area contributed by atoms with Crippen LogP contribution in [-0.2, 0) is 6.54 Å². The predicted molar refractivity (Wildman–Crippen MR) is 85.8 cm³/mol. The van der Waals surface area contributed by atoms with E-state index in [2.05, 4.69) is 61.1 Å². The summed E-state index contributed by atoms with van der Waals surface area (Å²) < 4.78 is 6.99. The Hall–Kier alpha value is -0.540. The second-order valence-electron chi connectivity index (χ2n) is 5.89. The maximum Gasteiger partial charge on any atom is 0.137 e. The average molecular weight is 328 g/mol. The number of ether oxygens (including phenoxy) is 1. The number of halogens is 1. The van der Waals surface area contributed by atoms with Crippen LogP contribution in [0.5, 0.6) is 5.75 Å². The third kappa shape index (κ3) is 6.44. The van der Waals surface area contributed by atoms with Gasteiger partial charge in [0.25, 0.3) is 0 Å². The summed E-state index contributed by atoms with van der Waals surface area (Å²) in [5.74, 6) is 0.982. The number of nitrogens with one attached hydrogen (secondary N) is 1. The van der Waals surface area contributed by atoms with E-state index in [9.17, 15) is 0 Å². The van der Waals surface area contributed by atoms with Crippen molar-refractivity contribution in [3.63, 3.8) is 0 Å². The minimum absolute atomic E-state index is 0.113. The molecule has 2 nitrogen and oxygen atoms in total. The first-order valence-electron chi connectivity index (χ1n) is 7.09. The summed E-state index contributed by atoms with van der Waals surface area (Å²) in [6.45, 7) is 10.3. The lowest BCUT2D eigenvalue weighted by Gasteiger charge is -2.22. The van der Waals surface area contributed by atoms with Crippen molar-refractivity contribution in [3.8, 4) is 5.75 Å². The van der Waals surface area contributed by atoms with Crippen LogP contribution in [0, 0.1) is 0 Å². The highest BCUT2D eigenvalue weighted by Crippen LogP contribution is 2.29. The van der Waals surface area contributed by atoms with Crippen molar-refractivity contribution >= 4 is 15.9 Å². The predicted octanol–water partition coefficient (Wildman–Crippen LogP) is 4.91. The molecule has 1 rings (SSSR count). The largest absolute Gasteiger partial charge is 0.492 e. The van der Waals surface area contributed by atoms with Gasteiger partial charge >= 0.3 is 0 Å². The number of rotatable bonds is 7.